The molecule has 0 unspecified atom stereocenters. The average Bonchev–Trinajstić information content (AvgIpc) is 3.47. The first-order valence-corrected chi connectivity index (χ1v) is 10.4. The molecule has 8 nitrogen and oxygen atoms in total. The van der Waals surface area contributed by atoms with Crippen LogP contribution in [0.4, 0.5) is 11.4 Å². The Kier molecular flexibility index (Phi) is 5.66. The Hall–Kier alpha value is -3.07. The second kappa shape index (κ2) is 8.52. The van der Waals surface area contributed by atoms with Crippen LogP contribution in [0.3, 0.4) is 0 Å². The number of benzene rings is 1. The van der Waals surface area contributed by atoms with E-state index in [0.29, 0.717) is 35.4 Å². The van der Waals surface area contributed by atoms with Crippen molar-refractivity contribution in [3.63, 3.8) is 0 Å². The minimum absolute atomic E-state index is 0.134. The lowest BCUT2D eigenvalue weighted by molar-refractivity contribution is -0.117. The number of aromatic nitrogens is 3. The fraction of sp³-hybridized carbons (Fsp3) is 0.300. The molecule has 1 aliphatic heterocycles. The van der Waals surface area contributed by atoms with Gasteiger partial charge in [0.2, 0.25) is 11.8 Å². The predicted molar refractivity (Wildman–Crippen MR) is 111 cm³/mol. The van der Waals surface area contributed by atoms with Gasteiger partial charge in [0.15, 0.2) is 16.7 Å². The van der Waals surface area contributed by atoms with Crippen LogP contribution in [-0.2, 0) is 16.1 Å². The first-order chi connectivity index (χ1) is 14.2. The molecular formula is C20H21N5O3S. The van der Waals surface area contributed by atoms with E-state index < -0.39 is 0 Å². The van der Waals surface area contributed by atoms with Crippen molar-refractivity contribution in [2.45, 2.75) is 31.5 Å². The van der Waals surface area contributed by atoms with Crippen LogP contribution in [0.2, 0.25) is 0 Å². The number of nitrogens with one attached hydrogen (secondary N) is 1. The van der Waals surface area contributed by atoms with Gasteiger partial charge in [-0.15, -0.1) is 10.2 Å². The summed E-state index contributed by atoms with van der Waals surface area (Å²) >= 11 is 1.32. The summed E-state index contributed by atoms with van der Waals surface area (Å²) in [5.41, 5.74) is 1.56. The molecular weight excluding hydrogens is 390 g/mol. The van der Waals surface area contributed by atoms with Crippen molar-refractivity contribution in [3.8, 4) is 11.6 Å². The molecule has 29 heavy (non-hydrogen) atoms. The Bertz CT molecular complexity index is 998. The van der Waals surface area contributed by atoms with Crippen LogP contribution in [-0.4, -0.2) is 38.9 Å². The summed E-state index contributed by atoms with van der Waals surface area (Å²) in [6.07, 6.45) is 3.08. The maximum Gasteiger partial charge on any atom is 0.234 e. The Morgan fingerprint density at radius 1 is 1.24 bits per heavy atom. The van der Waals surface area contributed by atoms with Crippen molar-refractivity contribution in [2.75, 3.05) is 22.5 Å². The van der Waals surface area contributed by atoms with Gasteiger partial charge in [-0.05, 0) is 49.7 Å². The van der Waals surface area contributed by atoms with Crippen LogP contribution in [0.15, 0.2) is 52.2 Å². The SMILES string of the molecule is CCn1c(SCC(=O)Nc2ccc(N3CCCC3=O)cc2)nnc1-c1ccco1. The molecule has 150 valence electrons. The van der Waals surface area contributed by atoms with Crippen LogP contribution in [0.25, 0.3) is 11.6 Å². The van der Waals surface area contributed by atoms with Crippen LogP contribution in [0.1, 0.15) is 19.8 Å². The molecule has 0 atom stereocenters. The van der Waals surface area contributed by atoms with Crippen molar-refractivity contribution in [1.82, 2.24) is 14.8 Å². The number of furan rings is 1. The summed E-state index contributed by atoms with van der Waals surface area (Å²) < 4.78 is 7.31. The van der Waals surface area contributed by atoms with Gasteiger partial charge in [-0.1, -0.05) is 11.8 Å². The van der Waals surface area contributed by atoms with Gasteiger partial charge in [0.1, 0.15) is 0 Å². The molecule has 1 aromatic carbocycles. The van der Waals surface area contributed by atoms with E-state index >= 15 is 0 Å². The van der Waals surface area contributed by atoms with E-state index in [2.05, 4.69) is 15.5 Å². The third-order valence-electron chi connectivity index (χ3n) is 4.64. The number of rotatable bonds is 7. The van der Waals surface area contributed by atoms with Gasteiger partial charge in [-0.3, -0.25) is 14.2 Å². The molecule has 1 saturated heterocycles. The third kappa shape index (κ3) is 4.19. The zero-order chi connectivity index (χ0) is 20.2. The van der Waals surface area contributed by atoms with E-state index in [1.165, 1.54) is 11.8 Å². The predicted octanol–water partition coefficient (Wildman–Crippen LogP) is 3.42. The largest absolute Gasteiger partial charge is 0.461 e. The highest BCUT2D eigenvalue weighted by Crippen LogP contribution is 2.25. The minimum Gasteiger partial charge on any atom is -0.461 e. The lowest BCUT2D eigenvalue weighted by Crippen LogP contribution is -2.23. The molecule has 0 aliphatic carbocycles. The highest BCUT2D eigenvalue weighted by Gasteiger charge is 2.21. The van der Waals surface area contributed by atoms with E-state index in [4.69, 9.17) is 4.42 Å². The first kappa shape index (κ1) is 19.3. The molecule has 3 heterocycles. The van der Waals surface area contributed by atoms with Crippen LogP contribution < -0.4 is 10.2 Å². The fourth-order valence-electron chi connectivity index (χ4n) is 3.24. The molecule has 0 saturated carbocycles. The molecule has 0 spiro atoms. The molecule has 4 rings (SSSR count). The molecule has 1 aliphatic rings. The summed E-state index contributed by atoms with van der Waals surface area (Å²) in [4.78, 5) is 25.9. The molecule has 0 bridgehead atoms. The summed E-state index contributed by atoms with van der Waals surface area (Å²) in [7, 11) is 0. The zero-order valence-corrected chi connectivity index (χ0v) is 16.8. The van der Waals surface area contributed by atoms with Gasteiger partial charge in [0.25, 0.3) is 0 Å². The number of hydrogen-bond donors (Lipinski definition) is 1. The van der Waals surface area contributed by atoms with Crippen molar-refractivity contribution in [3.05, 3.63) is 42.7 Å². The monoisotopic (exact) mass is 411 g/mol. The number of nitrogens with zero attached hydrogens (tertiary/aromatic N) is 4. The molecule has 2 amide bonds. The second-order valence-corrected chi connectivity index (χ2v) is 7.50. The van der Waals surface area contributed by atoms with Crippen molar-refractivity contribution < 1.29 is 14.0 Å². The summed E-state index contributed by atoms with van der Waals surface area (Å²) in [5, 5.41) is 11.9. The quantitative estimate of drug-likeness (QED) is 0.599. The lowest BCUT2D eigenvalue weighted by atomic mass is 10.2. The lowest BCUT2D eigenvalue weighted by Gasteiger charge is -2.16. The topological polar surface area (TPSA) is 93.3 Å². The Balaban J connectivity index is 1.35. The van der Waals surface area contributed by atoms with E-state index in [9.17, 15) is 9.59 Å². The number of anilines is 2. The van der Waals surface area contributed by atoms with Gasteiger partial charge in [-0.25, -0.2) is 0 Å². The Morgan fingerprint density at radius 3 is 2.72 bits per heavy atom. The molecule has 9 heteroatoms. The highest BCUT2D eigenvalue weighted by atomic mass is 32.2. The maximum atomic E-state index is 12.3. The number of carbonyl (C=O) groups excluding carboxylic acids is 2. The summed E-state index contributed by atoms with van der Waals surface area (Å²) in [6, 6.07) is 11.0. The second-order valence-electron chi connectivity index (χ2n) is 6.56. The van der Waals surface area contributed by atoms with Crippen LogP contribution >= 0.6 is 11.8 Å². The molecule has 2 aromatic heterocycles. The van der Waals surface area contributed by atoms with E-state index in [1.807, 2.05) is 41.8 Å². The maximum absolute atomic E-state index is 12.3. The van der Waals surface area contributed by atoms with Crippen molar-refractivity contribution in [1.29, 1.82) is 0 Å². The minimum atomic E-state index is -0.134. The molecule has 0 radical (unpaired) electrons. The average molecular weight is 411 g/mol. The highest BCUT2D eigenvalue weighted by molar-refractivity contribution is 7.99. The van der Waals surface area contributed by atoms with Crippen molar-refractivity contribution >= 4 is 35.0 Å². The van der Waals surface area contributed by atoms with Gasteiger partial charge in [0, 0.05) is 30.9 Å². The smallest absolute Gasteiger partial charge is 0.234 e. The van der Waals surface area contributed by atoms with Gasteiger partial charge < -0.3 is 14.6 Å². The molecule has 3 aromatic rings. The summed E-state index contributed by atoms with van der Waals surface area (Å²) in [5.74, 6) is 1.51. The van der Waals surface area contributed by atoms with Crippen LogP contribution in [0.5, 0.6) is 0 Å². The van der Waals surface area contributed by atoms with Gasteiger partial charge in [0.05, 0.1) is 12.0 Å². The summed E-state index contributed by atoms with van der Waals surface area (Å²) in [6.45, 7) is 3.41. The normalized spacial score (nSPS) is 13.8. The zero-order valence-electron chi connectivity index (χ0n) is 16.0. The van der Waals surface area contributed by atoms with E-state index in [1.54, 1.807) is 17.2 Å². The number of thioether (sulfide) groups is 1. The van der Waals surface area contributed by atoms with E-state index in [-0.39, 0.29) is 17.6 Å². The Labute approximate surface area is 172 Å². The van der Waals surface area contributed by atoms with Gasteiger partial charge >= 0.3 is 0 Å². The standard InChI is InChI=1S/C20H21N5O3S/c1-2-24-19(16-5-4-12-28-16)22-23-20(24)29-13-17(26)21-14-7-9-15(10-8-14)25-11-3-6-18(25)27/h4-5,7-10,12H,2-3,6,11,13H2,1H3,(H,21,26). The third-order valence-corrected chi connectivity index (χ3v) is 5.61. The number of carbonyl (C=O) groups is 2. The Morgan fingerprint density at radius 2 is 2.07 bits per heavy atom. The number of amides is 2. The fourth-order valence-corrected chi connectivity index (χ4v) is 4.04. The van der Waals surface area contributed by atoms with Gasteiger partial charge in [-0.2, -0.15) is 0 Å². The first-order valence-electron chi connectivity index (χ1n) is 9.46. The van der Waals surface area contributed by atoms with E-state index in [0.717, 1.165) is 18.7 Å². The van der Waals surface area contributed by atoms with Crippen LogP contribution in [0, 0.1) is 0 Å². The molecule has 1 N–H and O–H groups in total. The molecule has 1 fully saturated rings. The number of hydrogen-bond acceptors (Lipinski definition) is 6. The van der Waals surface area contributed by atoms with Crippen molar-refractivity contribution in [2.24, 2.45) is 0 Å².